The van der Waals surface area contributed by atoms with Crippen LogP contribution in [0.1, 0.15) is 60.3 Å². The van der Waals surface area contributed by atoms with Crippen LogP contribution in [0.25, 0.3) is 0 Å². The van der Waals surface area contributed by atoms with Gasteiger partial charge in [-0.1, -0.05) is 20.3 Å². The Labute approximate surface area is 139 Å². The fourth-order valence-electron chi connectivity index (χ4n) is 2.99. The number of rotatable bonds is 6. The molecule has 1 saturated heterocycles. The molecule has 0 aliphatic carbocycles. The van der Waals surface area contributed by atoms with Crippen molar-refractivity contribution in [3.63, 3.8) is 0 Å². The molecule has 1 rings (SSSR count). The van der Waals surface area contributed by atoms with E-state index in [4.69, 9.17) is 4.74 Å². The molecular formula is C17H32N2O4. The van der Waals surface area contributed by atoms with E-state index >= 15 is 0 Å². The van der Waals surface area contributed by atoms with E-state index in [1.165, 1.54) is 0 Å². The Bertz CT molecular complexity index is 404. The number of ether oxygens (including phenoxy) is 1. The largest absolute Gasteiger partial charge is 0.480 e. The first-order valence-electron chi connectivity index (χ1n) is 8.55. The molecule has 1 aliphatic rings. The molecule has 0 saturated carbocycles. The van der Waals surface area contributed by atoms with Gasteiger partial charge < -0.3 is 15.2 Å². The molecule has 134 valence electrons. The van der Waals surface area contributed by atoms with E-state index in [1.807, 2.05) is 25.7 Å². The Morgan fingerprint density at radius 2 is 1.96 bits per heavy atom. The van der Waals surface area contributed by atoms with Gasteiger partial charge in [0.15, 0.2) is 0 Å². The van der Waals surface area contributed by atoms with E-state index < -0.39 is 23.7 Å². The number of hydrogen-bond donors (Lipinski definition) is 2. The summed E-state index contributed by atoms with van der Waals surface area (Å²) in [6, 6.07) is -0.552. The second-order valence-corrected chi connectivity index (χ2v) is 7.82. The first-order valence-corrected chi connectivity index (χ1v) is 8.55. The highest BCUT2D eigenvalue weighted by Crippen LogP contribution is 2.19. The lowest BCUT2D eigenvalue weighted by Crippen LogP contribution is -2.52. The van der Waals surface area contributed by atoms with Gasteiger partial charge in [-0.2, -0.15) is 0 Å². The Balaban J connectivity index is 2.69. The molecule has 6 nitrogen and oxygen atoms in total. The number of carboxylic acid groups (broad SMARTS) is 1. The fourth-order valence-corrected chi connectivity index (χ4v) is 2.99. The highest BCUT2D eigenvalue weighted by molar-refractivity contribution is 5.73. The smallest absolute Gasteiger partial charge is 0.407 e. The maximum absolute atomic E-state index is 12.0. The third-order valence-corrected chi connectivity index (χ3v) is 3.83. The van der Waals surface area contributed by atoms with Crippen LogP contribution in [-0.2, 0) is 9.53 Å². The molecule has 0 bridgehead atoms. The third-order valence-electron chi connectivity index (χ3n) is 3.83. The van der Waals surface area contributed by atoms with Crippen LogP contribution in [0.15, 0.2) is 0 Å². The van der Waals surface area contributed by atoms with Crippen molar-refractivity contribution in [2.24, 2.45) is 5.92 Å². The number of carboxylic acids is 1. The average Bonchev–Trinajstić information content (AvgIpc) is 2.35. The maximum atomic E-state index is 12.0. The highest BCUT2D eigenvalue weighted by atomic mass is 16.6. The minimum atomic E-state index is -0.773. The first kappa shape index (κ1) is 19.7. The monoisotopic (exact) mass is 328 g/mol. The van der Waals surface area contributed by atoms with Crippen LogP contribution in [0.4, 0.5) is 4.79 Å². The Morgan fingerprint density at radius 3 is 2.48 bits per heavy atom. The molecule has 0 unspecified atom stereocenters. The molecule has 2 N–H and O–H groups in total. The van der Waals surface area contributed by atoms with Crippen LogP contribution in [-0.4, -0.2) is 52.8 Å². The zero-order chi connectivity index (χ0) is 17.6. The fraction of sp³-hybridized carbons (Fsp3) is 0.882. The molecule has 0 aromatic rings. The summed E-state index contributed by atoms with van der Waals surface area (Å²) in [4.78, 5) is 25.4. The molecule has 0 aromatic carbocycles. The summed E-state index contributed by atoms with van der Waals surface area (Å²) in [5, 5.41) is 12.3. The number of carbonyl (C=O) groups excluding carboxylic acids is 1. The summed E-state index contributed by atoms with van der Waals surface area (Å²) < 4.78 is 5.33. The van der Waals surface area contributed by atoms with E-state index in [-0.39, 0.29) is 6.04 Å². The van der Waals surface area contributed by atoms with Crippen molar-refractivity contribution in [1.82, 2.24) is 10.2 Å². The average molecular weight is 328 g/mol. The highest BCUT2D eigenvalue weighted by Gasteiger charge is 2.31. The van der Waals surface area contributed by atoms with Crippen molar-refractivity contribution < 1.29 is 19.4 Å². The Morgan fingerprint density at radius 1 is 1.30 bits per heavy atom. The van der Waals surface area contributed by atoms with Gasteiger partial charge in [0.25, 0.3) is 0 Å². The lowest BCUT2D eigenvalue weighted by atomic mass is 9.98. The van der Waals surface area contributed by atoms with Gasteiger partial charge in [0.2, 0.25) is 0 Å². The predicted molar refractivity (Wildman–Crippen MR) is 89.5 cm³/mol. The molecule has 23 heavy (non-hydrogen) atoms. The zero-order valence-corrected chi connectivity index (χ0v) is 15.1. The number of nitrogens with zero attached hydrogens (tertiary/aromatic N) is 1. The van der Waals surface area contributed by atoms with E-state index in [1.54, 1.807) is 0 Å². The van der Waals surface area contributed by atoms with E-state index in [2.05, 4.69) is 19.2 Å². The van der Waals surface area contributed by atoms with Crippen molar-refractivity contribution in [1.29, 1.82) is 0 Å². The molecule has 1 fully saturated rings. The molecule has 0 radical (unpaired) electrons. The van der Waals surface area contributed by atoms with Crippen molar-refractivity contribution in [3.8, 4) is 0 Å². The molecule has 1 amide bonds. The second kappa shape index (κ2) is 8.52. The Hall–Kier alpha value is -1.30. The van der Waals surface area contributed by atoms with Gasteiger partial charge in [-0.25, -0.2) is 4.79 Å². The number of nitrogens with one attached hydrogen (secondary N) is 1. The molecule has 0 aromatic heterocycles. The van der Waals surface area contributed by atoms with Gasteiger partial charge in [0.05, 0.1) is 0 Å². The Kier molecular flexibility index (Phi) is 7.32. The number of amides is 1. The lowest BCUT2D eigenvalue weighted by Gasteiger charge is -2.36. The minimum absolute atomic E-state index is 0.107. The molecule has 0 spiro atoms. The molecule has 2 atom stereocenters. The van der Waals surface area contributed by atoms with Crippen molar-refractivity contribution >= 4 is 12.1 Å². The van der Waals surface area contributed by atoms with Crippen LogP contribution in [0, 0.1) is 5.92 Å². The van der Waals surface area contributed by atoms with Gasteiger partial charge in [0, 0.05) is 12.6 Å². The van der Waals surface area contributed by atoms with Gasteiger partial charge in [-0.15, -0.1) is 0 Å². The van der Waals surface area contributed by atoms with Crippen LogP contribution in [0.2, 0.25) is 0 Å². The normalized spacial score (nSPS) is 21.0. The SMILES string of the molecule is CC(C)C[C@@H](CN1CCCC[C@H]1C(=O)O)NC(=O)OC(C)(C)C. The summed E-state index contributed by atoms with van der Waals surface area (Å²) in [5.74, 6) is -0.367. The van der Waals surface area contributed by atoms with Crippen LogP contribution in [0.5, 0.6) is 0 Å². The molecular weight excluding hydrogens is 296 g/mol. The van der Waals surface area contributed by atoms with Crippen molar-refractivity contribution in [2.45, 2.75) is 78.0 Å². The van der Waals surface area contributed by atoms with Crippen molar-refractivity contribution in [3.05, 3.63) is 0 Å². The molecule has 6 heteroatoms. The quantitative estimate of drug-likeness (QED) is 0.784. The first-order chi connectivity index (χ1) is 10.6. The summed E-state index contributed by atoms with van der Waals surface area (Å²) in [5.41, 5.74) is -0.540. The standard InChI is InChI=1S/C17H32N2O4/c1-12(2)10-13(18-16(22)23-17(3,4)5)11-19-9-7-6-8-14(19)15(20)21/h12-14H,6-11H2,1-5H3,(H,18,22)(H,20,21)/t13-,14-/m0/s1. The van der Waals surface area contributed by atoms with Gasteiger partial charge in [-0.05, 0) is 52.5 Å². The summed E-state index contributed by atoms with van der Waals surface area (Å²) in [6.07, 6.45) is 2.98. The predicted octanol–water partition coefficient (Wildman–Crippen LogP) is 2.86. The van der Waals surface area contributed by atoms with E-state index in [0.29, 0.717) is 18.9 Å². The second-order valence-electron chi connectivity index (χ2n) is 7.82. The molecule has 1 aliphatic heterocycles. The van der Waals surface area contributed by atoms with Crippen LogP contribution >= 0.6 is 0 Å². The zero-order valence-electron chi connectivity index (χ0n) is 15.1. The lowest BCUT2D eigenvalue weighted by molar-refractivity contribution is -0.144. The van der Waals surface area contributed by atoms with Crippen LogP contribution < -0.4 is 5.32 Å². The van der Waals surface area contributed by atoms with E-state index in [0.717, 1.165) is 25.8 Å². The van der Waals surface area contributed by atoms with Gasteiger partial charge >= 0.3 is 12.1 Å². The van der Waals surface area contributed by atoms with Gasteiger partial charge in [-0.3, -0.25) is 9.69 Å². The number of likely N-dealkylation sites (tertiary alicyclic amines) is 1. The molecule has 1 heterocycles. The van der Waals surface area contributed by atoms with Crippen molar-refractivity contribution in [2.75, 3.05) is 13.1 Å². The van der Waals surface area contributed by atoms with Crippen LogP contribution in [0.3, 0.4) is 0 Å². The number of piperidine rings is 1. The summed E-state index contributed by atoms with van der Waals surface area (Å²) in [6.45, 7) is 11.0. The topological polar surface area (TPSA) is 78.9 Å². The maximum Gasteiger partial charge on any atom is 0.407 e. The van der Waals surface area contributed by atoms with E-state index in [9.17, 15) is 14.7 Å². The van der Waals surface area contributed by atoms with Gasteiger partial charge in [0.1, 0.15) is 11.6 Å². The number of hydrogen-bond acceptors (Lipinski definition) is 4. The summed E-state index contributed by atoms with van der Waals surface area (Å²) >= 11 is 0. The minimum Gasteiger partial charge on any atom is -0.480 e. The summed E-state index contributed by atoms with van der Waals surface area (Å²) in [7, 11) is 0. The number of carbonyl (C=O) groups is 2. The number of aliphatic carboxylic acids is 1. The number of alkyl carbamates (subject to hydrolysis) is 1. The third kappa shape index (κ3) is 7.68.